The molecule has 0 bridgehead atoms. The quantitative estimate of drug-likeness (QED) is 0.715. The Morgan fingerprint density at radius 2 is 2.18 bits per heavy atom. The molecule has 28 heavy (non-hydrogen) atoms. The first-order valence-electron chi connectivity index (χ1n) is 9.65. The van der Waals surface area contributed by atoms with Gasteiger partial charge in [0.25, 0.3) is 5.91 Å². The van der Waals surface area contributed by atoms with E-state index in [1.165, 1.54) is 0 Å². The van der Waals surface area contributed by atoms with Gasteiger partial charge in [0, 0.05) is 42.5 Å². The predicted octanol–water partition coefficient (Wildman–Crippen LogP) is 2.42. The van der Waals surface area contributed by atoms with Crippen molar-refractivity contribution in [3.63, 3.8) is 0 Å². The summed E-state index contributed by atoms with van der Waals surface area (Å²) in [4.78, 5) is 25.1. The second-order valence-electron chi connectivity index (χ2n) is 7.78. The minimum atomic E-state index is -0.103. The normalized spacial score (nSPS) is 20.2. The highest BCUT2D eigenvalue weighted by Gasteiger charge is 2.48. The SMILES string of the molecule is COc1ccccc1[C@H]1CNC(=O)c2nc(C3(Cn4ccnc4)CC3)[nH]c2C1. The topological polar surface area (TPSA) is 84.8 Å². The van der Waals surface area contributed by atoms with Crippen molar-refractivity contribution in [2.24, 2.45) is 0 Å². The van der Waals surface area contributed by atoms with Crippen molar-refractivity contribution in [3.8, 4) is 5.75 Å². The van der Waals surface area contributed by atoms with E-state index in [1.807, 2.05) is 30.7 Å². The molecule has 5 rings (SSSR count). The number of carbonyl (C=O) groups excluding carboxylic acids is 1. The van der Waals surface area contributed by atoms with E-state index in [0.717, 1.165) is 48.6 Å². The third-order valence-electron chi connectivity index (χ3n) is 5.93. The Morgan fingerprint density at radius 1 is 1.32 bits per heavy atom. The Morgan fingerprint density at radius 3 is 2.93 bits per heavy atom. The number of nitrogens with zero attached hydrogens (tertiary/aromatic N) is 3. The van der Waals surface area contributed by atoms with Crippen molar-refractivity contribution in [2.75, 3.05) is 13.7 Å². The number of benzene rings is 1. The number of hydrogen-bond acceptors (Lipinski definition) is 4. The van der Waals surface area contributed by atoms with E-state index in [9.17, 15) is 4.79 Å². The van der Waals surface area contributed by atoms with Crippen LogP contribution in [-0.4, -0.2) is 39.1 Å². The molecule has 1 aliphatic heterocycles. The number of ether oxygens (including phenoxy) is 1. The van der Waals surface area contributed by atoms with Crippen LogP contribution in [0.1, 0.15) is 46.3 Å². The van der Waals surface area contributed by atoms with Crippen LogP contribution >= 0.6 is 0 Å². The van der Waals surface area contributed by atoms with Crippen LogP contribution in [0.5, 0.6) is 5.75 Å². The fourth-order valence-electron chi connectivity index (χ4n) is 4.19. The molecule has 0 radical (unpaired) electrons. The van der Waals surface area contributed by atoms with Gasteiger partial charge in [-0.2, -0.15) is 0 Å². The summed E-state index contributed by atoms with van der Waals surface area (Å²) in [6.07, 6.45) is 8.45. The lowest BCUT2D eigenvalue weighted by molar-refractivity contribution is 0.0950. The highest BCUT2D eigenvalue weighted by atomic mass is 16.5. The van der Waals surface area contributed by atoms with Gasteiger partial charge < -0.3 is 19.6 Å². The maximum Gasteiger partial charge on any atom is 0.271 e. The van der Waals surface area contributed by atoms with Gasteiger partial charge in [0.1, 0.15) is 17.3 Å². The molecule has 3 heterocycles. The molecule has 3 aromatic rings. The van der Waals surface area contributed by atoms with E-state index in [-0.39, 0.29) is 17.2 Å². The minimum absolute atomic E-state index is 0.0207. The number of amides is 1. The number of aromatic nitrogens is 4. The zero-order valence-electron chi connectivity index (χ0n) is 15.8. The largest absolute Gasteiger partial charge is 0.496 e. The van der Waals surface area contributed by atoms with Gasteiger partial charge in [-0.05, 0) is 30.9 Å². The van der Waals surface area contributed by atoms with Crippen LogP contribution in [0.15, 0.2) is 43.0 Å². The van der Waals surface area contributed by atoms with E-state index >= 15 is 0 Å². The Bertz CT molecular complexity index is 1000. The monoisotopic (exact) mass is 377 g/mol. The highest BCUT2D eigenvalue weighted by molar-refractivity contribution is 5.94. The van der Waals surface area contributed by atoms with Crippen molar-refractivity contribution in [1.82, 2.24) is 24.8 Å². The number of methoxy groups -OCH3 is 1. The van der Waals surface area contributed by atoms with E-state index in [1.54, 1.807) is 13.3 Å². The Hall–Kier alpha value is -3.09. The molecule has 7 nitrogen and oxygen atoms in total. The van der Waals surface area contributed by atoms with Crippen molar-refractivity contribution in [3.05, 3.63) is 65.8 Å². The van der Waals surface area contributed by atoms with E-state index < -0.39 is 0 Å². The summed E-state index contributed by atoms with van der Waals surface area (Å²) < 4.78 is 7.62. The fraction of sp³-hybridized carbons (Fsp3) is 0.381. The molecule has 2 aliphatic rings. The van der Waals surface area contributed by atoms with Crippen LogP contribution in [0.2, 0.25) is 0 Å². The van der Waals surface area contributed by atoms with Gasteiger partial charge in [0.05, 0.1) is 13.4 Å². The first-order valence-corrected chi connectivity index (χ1v) is 9.65. The van der Waals surface area contributed by atoms with Crippen molar-refractivity contribution < 1.29 is 9.53 Å². The summed E-state index contributed by atoms with van der Waals surface area (Å²) in [5.74, 6) is 1.80. The number of para-hydroxylation sites is 1. The number of aromatic amines is 1. The molecule has 1 aliphatic carbocycles. The van der Waals surface area contributed by atoms with E-state index in [4.69, 9.17) is 9.72 Å². The standard InChI is InChI=1S/C21H23N5O2/c1-28-17-5-3-2-4-15(17)14-10-16-18(19(27)23-11-14)25-20(24-16)21(6-7-21)12-26-9-8-22-13-26/h2-5,8-9,13-14H,6-7,10-12H2,1H3,(H,23,27)(H,24,25)/t14-/m1/s1. The maximum absolute atomic E-state index is 12.7. The molecule has 0 unspecified atom stereocenters. The molecule has 144 valence electrons. The lowest BCUT2D eigenvalue weighted by Crippen LogP contribution is -2.27. The van der Waals surface area contributed by atoms with Crippen LogP contribution < -0.4 is 10.1 Å². The molecule has 1 saturated carbocycles. The van der Waals surface area contributed by atoms with Crippen LogP contribution in [0.3, 0.4) is 0 Å². The number of H-pyrrole nitrogens is 1. The zero-order chi connectivity index (χ0) is 19.1. The fourth-order valence-corrected chi connectivity index (χ4v) is 4.19. The average molecular weight is 377 g/mol. The predicted molar refractivity (Wildman–Crippen MR) is 103 cm³/mol. The lowest BCUT2D eigenvalue weighted by Gasteiger charge is -2.18. The smallest absolute Gasteiger partial charge is 0.271 e. The Kier molecular flexibility index (Phi) is 3.96. The zero-order valence-corrected chi connectivity index (χ0v) is 15.8. The van der Waals surface area contributed by atoms with Crippen molar-refractivity contribution in [1.29, 1.82) is 0 Å². The molecule has 1 aromatic carbocycles. The lowest BCUT2D eigenvalue weighted by atomic mass is 9.93. The van der Waals surface area contributed by atoms with Gasteiger partial charge in [0.2, 0.25) is 0 Å². The number of nitrogens with one attached hydrogen (secondary N) is 2. The summed E-state index contributed by atoms with van der Waals surface area (Å²) in [6.45, 7) is 1.40. The van der Waals surface area contributed by atoms with Crippen molar-refractivity contribution in [2.45, 2.75) is 37.1 Å². The van der Waals surface area contributed by atoms with Gasteiger partial charge in [-0.3, -0.25) is 4.79 Å². The molecule has 0 saturated heterocycles. The van der Waals surface area contributed by atoms with Crippen molar-refractivity contribution >= 4 is 5.91 Å². The molecule has 1 amide bonds. The van der Waals surface area contributed by atoms with E-state index in [2.05, 4.69) is 25.9 Å². The highest BCUT2D eigenvalue weighted by Crippen LogP contribution is 2.48. The average Bonchev–Trinajstić information content (AvgIpc) is 3.14. The molecule has 7 heteroatoms. The van der Waals surface area contributed by atoms with Gasteiger partial charge in [0.15, 0.2) is 0 Å². The third-order valence-corrected chi connectivity index (χ3v) is 5.93. The van der Waals surface area contributed by atoms with Gasteiger partial charge >= 0.3 is 0 Å². The van der Waals surface area contributed by atoms with Crippen LogP contribution in [0, 0.1) is 0 Å². The molecular formula is C21H23N5O2. The molecule has 1 atom stereocenters. The molecule has 2 aromatic heterocycles. The van der Waals surface area contributed by atoms with Crippen LogP contribution in [0.4, 0.5) is 0 Å². The maximum atomic E-state index is 12.7. The van der Waals surface area contributed by atoms with E-state index in [0.29, 0.717) is 12.2 Å². The first-order chi connectivity index (χ1) is 13.7. The summed E-state index contributed by atoms with van der Waals surface area (Å²) >= 11 is 0. The van der Waals surface area contributed by atoms with Gasteiger partial charge in [-0.15, -0.1) is 0 Å². The summed E-state index contributed by atoms with van der Waals surface area (Å²) in [5.41, 5.74) is 2.53. The first kappa shape index (κ1) is 17.0. The molecular weight excluding hydrogens is 354 g/mol. The summed E-state index contributed by atoms with van der Waals surface area (Å²) in [5, 5.41) is 3.04. The molecule has 2 N–H and O–H groups in total. The summed E-state index contributed by atoms with van der Waals surface area (Å²) in [7, 11) is 1.68. The molecule has 0 spiro atoms. The van der Waals surface area contributed by atoms with Crippen LogP contribution in [-0.2, 0) is 18.4 Å². The second-order valence-corrected chi connectivity index (χ2v) is 7.78. The number of imidazole rings is 2. The number of rotatable bonds is 5. The Labute approximate surface area is 163 Å². The third kappa shape index (κ3) is 2.87. The number of carbonyl (C=O) groups is 1. The van der Waals surface area contributed by atoms with Crippen LogP contribution in [0.25, 0.3) is 0 Å². The minimum Gasteiger partial charge on any atom is -0.496 e. The molecule has 1 fully saturated rings. The Balaban J connectivity index is 1.46. The number of fused-ring (bicyclic) bond motifs is 1. The second kappa shape index (κ2) is 6.51. The van der Waals surface area contributed by atoms with Gasteiger partial charge in [-0.1, -0.05) is 18.2 Å². The summed E-state index contributed by atoms with van der Waals surface area (Å²) in [6, 6.07) is 8.00. The number of hydrogen-bond donors (Lipinski definition) is 2. The van der Waals surface area contributed by atoms with Gasteiger partial charge in [-0.25, -0.2) is 9.97 Å².